The molecule has 8 heteroatoms. The lowest BCUT2D eigenvalue weighted by Gasteiger charge is -2.35. The van der Waals surface area contributed by atoms with Crippen LogP contribution in [-0.4, -0.2) is 64.9 Å². The van der Waals surface area contributed by atoms with Crippen LogP contribution in [0, 0.1) is 0 Å². The molecule has 0 unspecified atom stereocenters. The van der Waals surface area contributed by atoms with Gasteiger partial charge in [-0.3, -0.25) is 9.80 Å². The Balaban J connectivity index is 1.17. The number of rotatable bonds is 8. The molecule has 4 aromatic rings. The quantitative estimate of drug-likeness (QED) is 0.326. The molecule has 0 saturated carbocycles. The van der Waals surface area contributed by atoms with Crippen molar-refractivity contribution in [1.29, 1.82) is 0 Å². The molecule has 184 valence electrons. The Morgan fingerprint density at radius 3 is 2.26 bits per heavy atom. The Bertz CT molecular complexity index is 1290. The number of halogens is 3. The second-order valence-corrected chi connectivity index (χ2v) is 9.96. The zero-order chi connectivity index (χ0) is 24.4. The van der Waals surface area contributed by atoms with Gasteiger partial charge in [-0.2, -0.15) is 8.78 Å². The van der Waals surface area contributed by atoms with Crippen molar-refractivity contribution in [2.75, 3.05) is 32.7 Å². The highest BCUT2D eigenvalue weighted by molar-refractivity contribution is 9.10. The fraction of sp³-hybridized carbons (Fsp3) is 0.333. The number of alkyl halides is 2. The van der Waals surface area contributed by atoms with E-state index in [4.69, 9.17) is 0 Å². The Morgan fingerprint density at radius 2 is 1.51 bits per heavy atom. The van der Waals surface area contributed by atoms with E-state index >= 15 is 0 Å². The van der Waals surface area contributed by atoms with Gasteiger partial charge in [0.25, 0.3) is 0 Å². The molecular formula is C27H28BrF2N3O2. The average Bonchev–Trinajstić information content (AvgIpc) is 3.14. The second kappa shape index (κ2) is 10.6. The van der Waals surface area contributed by atoms with Crippen LogP contribution in [-0.2, 0) is 13.1 Å². The summed E-state index contributed by atoms with van der Waals surface area (Å²) in [6.07, 6.45) is -0.480. The van der Waals surface area contributed by atoms with Crippen LogP contribution in [0.2, 0.25) is 0 Å². The van der Waals surface area contributed by atoms with Gasteiger partial charge in [-0.05, 0) is 42.0 Å². The summed E-state index contributed by atoms with van der Waals surface area (Å²) in [5.74, 6) is 0.179. The van der Waals surface area contributed by atoms with Crippen molar-refractivity contribution in [2.45, 2.75) is 25.8 Å². The highest BCUT2D eigenvalue weighted by Crippen LogP contribution is 2.31. The molecule has 5 rings (SSSR count). The van der Waals surface area contributed by atoms with E-state index in [-0.39, 0.29) is 5.75 Å². The maximum absolute atomic E-state index is 12.3. The molecule has 1 aliphatic rings. The third-order valence-electron chi connectivity index (χ3n) is 6.62. The third kappa shape index (κ3) is 5.67. The van der Waals surface area contributed by atoms with Gasteiger partial charge in [0.05, 0.1) is 12.6 Å². The Kier molecular flexibility index (Phi) is 7.34. The molecule has 1 saturated heterocycles. The van der Waals surface area contributed by atoms with Crippen LogP contribution in [0.3, 0.4) is 0 Å². The first-order chi connectivity index (χ1) is 17.0. The SMILES string of the molecule is O[C@H](CN1CCN(Cc2ccc(OC(F)F)cc2)CC1)Cn1c2ccccc2c2cc(Br)ccc21. The summed E-state index contributed by atoms with van der Waals surface area (Å²) in [6.45, 7) is 2.67. The first-order valence-corrected chi connectivity index (χ1v) is 12.6. The Morgan fingerprint density at radius 1 is 0.829 bits per heavy atom. The average molecular weight is 544 g/mol. The zero-order valence-corrected chi connectivity index (χ0v) is 20.9. The number of fused-ring (bicyclic) bond motifs is 3. The summed E-state index contributed by atoms with van der Waals surface area (Å²) in [5.41, 5.74) is 3.33. The lowest BCUT2D eigenvalue weighted by atomic mass is 10.2. The fourth-order valence-corrected chi connectivity index (χ4v) is 5.31. The van der Waals surface area contributed by atoms with E-state index in [1.807, 2.05) is 24.3 Å². The Hall–Kier alpha value is -2.52. The van der Waals surface area contributed by atoms with E-state index in [1.165, 1.54) is 10.8 Å². The maximum Gasteiger partial charge on any atom is 0.387 e. The van der Waals surface area contributed by atoms with Crippen LogP contribution in [0.5, 0.6) is 5.75 Å². The minimum Gasteiger partial charge on any atom is -0.435 e. The number of ether oxygens (including phenoxy) is 1. The van der Waals surface area contributed by atoms with Gasteiger partial charge < -0.3 is 14.4 Å². The molecule has 0 spiro atoms. The molecule has 1 fully saturated rings. The molecule has 1 N–H and O–H groups in total. The van der Waals surface area contributed by atoms with Gasteiger partial charge in [0.15, 0.2) is 0 Å². The molecule has 0 radical (unpaired) electrons. The number of aliphatic hydroxyl groups is 1. The minimum absolute atomic E-state index is 0.179. The summed E-state index contributed by atoms with van der Waals surface area (Å²) in [6, 6.07) is 21.5. The molecule has 35 heavy (non-hydrogen) atoms. The lowest BCUT2D eigenvalue weighted by molar-refractivity contribution is -0.0498. The molecule has 1 aromatic heterocycles. The van der Waals surface area contributed by atoms with Gasteiger partial charge in [-0.25, -0.2) is 0 Å². The summed E-state index contributed by atoms with van der Waals surface area (Å²) < 4.78 is 32.3. The number of hydrogen-bond acceptors (Lipinski definition) is 4. The number of nitrogens with zero attached hydrogens (tertiary/aromatic N) is 3. The maximum atomic E-state index is 12.3. The number of aliphatic hydroxyl groups excluding tert-OH is 1. The highest BCUT2D eigenvalue weighted by atomic mass is 79.9. The van der Waals surface area contributed by atoms with Gasteiger partial charge in [0, 0.05) is 65.5 Å². The van der Waals surface area contributed by atoms with E-state index in [1.54, 1.807) is 12.1 Å². The van der Waals surface area contributed by atoms with E-state index < -0.39 is 12.7 Å². The standard InChI is InChI=1S/C27H28BrF2N3O2/c28-20-7-10-26-24(15-20)23-3-1-2-4-25(23)33(26)18-21(34)17-32-13-11-31(12-14-32)16-19-5-8-22(9-6-19)35-27(29)30/h1-10,15,21,27,34H,11-14,16-18H2/t21-/m1/s1. The predicted octanol–water partition coefficient (Wildman–Crippen LogP) is 5.34. The first-order valence-electron chi connectivity index (χ1n) is 11.8. The van der Waals surface area contributed by atoms with Crippen LogP contribution in [0.15, 0.2) is 71.2 Å². The van der Waals surface area contributed by atoms with Crippen LogP contribution < -0.4 is 4.74 Å². The molecule has 1 atom stereocenters. The minimum atomic E-state index is -2.80. The lowest BCUT2D eigenvalue weighted by Crippen LogP contribution is -2.48. The number of β-amino-alcohol motifs (C(OH)–C–C–N with tert-alkyl or cyclic N) is 1. The largest absolute Gasteiger partial charge is 0.435 e. The molecule has 3 aromatic carbocycles. The normalized spacial score (nSPS) is 16.4. The summed E-state index contributed by atoms with van der Waals surface area (Å²) in [5, 5.41) is 13.4. The highest BCUT2D eigenvalue weighted by Gasteiger charge is 2.21. The number of para-hydroxylation sites is 1. The number of benzene rings is 3. The summed E-state index contributed by atoms with van der Waals surface area (Å²) in [7, 11) is 0. The smallest absolute Gasteiger partial charge is 0.387 e. The van der Waals surface area contributed by atoms with Crippen molar-refractivity contribution >= 4 is 37.7 Å². The van der Waals surface area contributed by atoms with E-state index in [0.29, 0.717) is 13.1 Å². The van der Waals surface area contributed by atoms with E-state index in [0.717, 1.165) is 53.8 Å². The topological polar surface area (TPSA) is 40.9 Å². The fourth-order valence-electron chi connectivity index (χ4n) is 4.95. The third-order valence-corrected chi connectivity index (χ3v) is 7.11. The zero-order valence-electron chi connectivity index (χ0n) is 19.3. The first kappa shape index (κ1) is 24.2. The van der Waals surface area contributed by atoms with Gasteiger partial charge in [-0.15, -0.1) is 0 Å². The van der Waals surface area contributed by atoms with Crippen LogP contribution in [0.1, 0.15) is 5.56 Å². The van der Waals surface area contributed by atoms with Crippen molar-refractivity contribution in [2.24, 2.45) is 0 Å². The number of aromatic nitrogens is 1. The second-order valence-electron chi connectivity index (χ2n) is 9.04. The van der Waals surface area contributed by atoms with Crippen molar-refractivity contribution in [3.63, 3.8) is 0 Å². The van der Waals surface area contributed by atoms with Gasteiger partial charge in [0.2, 0.25) is 0 Å². The van der Waals surface area contributed by atoms with Crippen LogP contribution in [0.4, 0.5) is 8.78 Å². The van der Waals surface area contributed by atoms with Gasteiger partial charge >= 0.3 is 6.61 Å². The molecule has 5 nitrogen and oxygen atoms in total. The monoisotopic (exact) mass is 543 g/mol. The molecule has 0 amide bonds. The number of piperazine rings is 1. The van der Waals surface area contributed by atoms with Crippen molar-refractivity contribution < 1.29 is 18.6 Å². The molecular weight excluding hydrogens is 516 g/mol. The van der Waals surface area contributed by atoms with Gasteiger partial charge in [0.1, 0.15) is 5.75 Å². The van der Waals surface area contributed by atoms with Crippen molar-refractivity contribution in [3.05, 3.63) is 76.8 Å². The molecule has 0 aliphatic carbocycles. The van der Waals surface area contributed by atoms with Crippen molar-refractivity contribution in [3.8, 4) is 5.75 Å². The Labute approximate surface area is 211 Å². The van der Waals surface area contributed by atoms with Gasteiger partial charge in [-0.1, -0.05) is 46.3 Å². The van der Waals surface area contributed by atoms with Crippen LogP contribution >= 0.6 is 15.9 Å². The number of hydrogen-bond donors (Lipinski definition) is 1. The summed E-state index contributed by atoms with van der Waals surface area (Å²) in [4.78, 5) is 4.65. The van der Waals surface area contributed by atoms with Crippen LogP contribution in [0.25, 0.3) is 21.8 Å². The van der Waals surface area contributed by atoms with E-state index in [9.17, 15) is 13.9 Å². The molecule has 2 heterocycles. The molecule has 1 aliphatic heterocycles. The summed E-state index contributed by atoms with van der Waals surface area (Å²) >= 11 is 3.58. The predicted molar refractivity (Wildman–Crippen MR) is 138 cm³/mol. The van der Waals surface area contributed by atoms with Crippen molar-refractivity contribution in [1.82, 2.24) is 14.4 Å². The molecule has 0 bridgehead atoms. The van der Waals surface area contributed by atoms with E-state index in [2.05, 4.69) is 65.4 Å².